The molecule has 6 heteroatoms. The molecule has 0 aliphatic rings. The minimum atomic E-state index is -1.04. The highest BCUT2D eigenvalue weighted by molar-refractivity contribution is 7.99. The molecule has 92 valence electrons. The first kappa shape index (κ1) is 13.4. The number of carbonyl (C=O) groups is 2. The van der Waals surface area contributed by atoms with Crippen LogP contribution in [-0.4, -0.2) is 28.8 Å². The number of amides is 1. The Bertz CT molecular complexity index is 406. The Morgan fingerprint density at radius 2 is 2.00 bits per heavy atom. The van der Waals surface area contributed by atoms with E-state index in [0.717, 1.165) is 4.90 Å². The molecule has 4 N–H and O–H groups in total. The van der Waals surface area contributed by atoms with Crippen molar-refractivity contribution in [2.24, 2.45) is 0 Å². The molecule has 0 aliphatic heterocycles. The van der Waals surface area contributed by atoms with Crippen LogP contribution in [0.1, 0.15) is 6.92 Å². The zero-order valence-electron chi connectivity index (χ0n) is 9.34. The Labute approximate surface area is 103 Å². The molecule has 1 rings (SSSR count). The van der Waals surface area contributed by atoms with E-state index in [1.54, 1.807) is 12.1 Å². The molecule has 1 aromatic carbocycles. The van der Waals surface area contributed by atoms with Crippen molar-refractivity contribution in [1.29, 1.82) is 0 Å². The SMILES string of the molecule is CC(=O)NC(CSc1ccc(N)cc1)C(=O)O. The maximum absolute atomic E-state index is 10.9. The Kier molecular flexibility index (Phi) is 4.84. The van der Waals surface area contributed by atoms with E-state index in [9.17, 15) is 9.59 Å². The summed E-state index contributed by atoms with van der Waals surface area (Å²) in [6, 6.07) is 6.24. The highest BCUT2D eigenvalue weighted by Crippen LogP contribution is 2.19. The largest absolute Gasteiger partial charge is 0.480 e. The van der Waals surface area contributed by atoms with Crippen LogP contribution in [0, 0.1) is 0 Å². The van der Waals surface area contributed by atoms with E-state index in [1.807, 2.05) is 12.1 Å². The van der Waals surface area contributed by atoms with Gasteiger partial charge in [-0.05, 0) is 24.3 Å². The number of rotatable bonds is 5. The Morgan fingerprint density at radius 3 is 2.47 bits per heavy atom. The summed E-state index contributed by atoms with van der Waals surface area (Å²) in [5.74, 6) is -1.11. The number of carboxylic acids is 1. The smallest absolute Gasteiger partial charge is 0.327 e. The van der Waals surface area contributed by atoms with Crippen molar-refractivity contribution in [3.05, 3.63) is 24.3 Å². The molecule has 17 heavy (non-hydrogen) atoms. The van der Waals surface area contributed by atoms with Crippen molar-refractivity contribution in [2.45, 2.75) is 17.9 Å². The second-order valence-electron chi connectivity index (χ2n) is 3.47. The van der Waals surface area contributed by atoms with Crippen LogP contribution >= 0.6 is 11.8 Å². The van der Waals surface area contributed by atoms with Crippen LogP contribution in [0.4, 0.5) is 5.69 Å². The number of nitrogen functional groups attached to an aromatic ring is 1. The van der Waals surface area contributed by atoms with E-state index in [1.165, 1.54) is 18.7 Å². The average molecular weight is 254 g/mol. The lowest BCUT2D eigenvalue weighted by Crippen LogP contribution is -2.41. The molecule has 0 aliphatic carbocycles. The van der Waals surface area contributed by atoms with Crippen molar-refractivity contribution in [2.75, 3.05) is 11.5 Å². The molecule has 0 saturated carbocycles. The molecule has 0 spiro atoms. The summed E-state index contributed by atoms with van der Waals surface area (Å²) in [6.07, 6.45) is 0. The Morgan fingerprint density at radius 1 is 1.41 bits per heavy atom. The van der Waals surface area contributed by atoms with Gasteiger partial charge >= 0.3 is 5.97 Å². The van der Waals surface area contributed by atoms with Gasteiger partial charge in [0.1, 0.15) is 6.04 Å². The van der Waals surface area contributed by atoms with Gasteiger partial charge in [0.15, 0.2) is 0 Å². The van der Waals surface area contributed by atoms with Gasteiger partial charge < -0.3 is 16.2 Å². The third-order valence-electron chi connectivity index (χ3n) is 1.97. The summed E-state index contributed by atoms with van der Waals surface area (Å²) in [7, 11) is 0. The average Bonchev–Trinajstić information content (AvgIpc) is 2.25. The third-order valence-corrected chi connectivity index (χ3v) is 3.08. The number of carbonyl (C=O) groups excluding carboxylic acids is 1. The molecule has 1 amide bonds. The van der Waals surface area contributed by atoms with E-state index in [2.05, 4.69) is 5.32 Å². The maximum atomic E-state index is 10.9. The van der Waals surface area contributed by atoms with Gasteiger partial charge in [0.2, 0.25) is 5.91 Å². The van der Waals surface area contributed by atoms with Gasteiger partial charge in [-0.1, -0.05) is 0 Å². The fourth-order valence-corrected chi connectivity index (χ4v) is 2.08. The number of anilines is 1. The second-order valence-corrected chi connectivity index (χ2v) is 4.56. The van der Waals surface area contributed by atoms with Gasteiger partial charge in [0, 0.05) is 23.3 Å². The second kappa shape index (κ2) is 6.15. The molecule has 1 unspecified atom stereocenters. The van der Waals surface area contributed by atoms with Crippen molar-refractivity contribution in [3.63, 3.8) is 0 Å². The summed E-state index contributed by atoms with van der Waals surface area (Å²) < 4.78 is 0. The number of thioether (sulfide) groups is 1. The first-order valence-corrected chi connectivity index (χ1v) is 5.96. The first-order chi connectivity index (χ1) is 7.99. The van der Waals surface area contributed by atoms with Crippen molar-refractivity contribution < 1.29 is 14.7 Å². The van der Waals surface area contributed by atoms with Crippen molar-refractivity contribution in [3.8, 4) is 0 Å². The summed E-state index contributed by atoms with van der Waals surface area (Å²) in [5.41, 5.74) is 6.19. The molecule has 0 fully saturated rings. The summed E-state index contributed by atoms with van der Waals surface area (Å²) >= 11 is 1.36. The molecule has 0 heterocycles. The fourth-order valence-electron chi connectivity index (χ4n) is 1.16. The molecule has 1 atom stereocenters. The van der Waals surface area contributed by atoms with Crippen LogP contribution < -0.4 is 11.1 Å². The van der Waals surface area contributed by atoms with Gasteiger partial charge in [0.05, 0.1) is 0 Å². The maximum Gasteiger partial charge on any atom is 0.327 e. The quantitative estimate of drug-likeness (QED) is 0.537. The van der Waals surface area contributed by atoms with Crippen LogP contribution in [0.3, 0.4) is 0 Å². The Hall–Kier alpha value is -1.69. The minimum absolute atomic E-state index is 0.277. The molecular weight excluding hydrogens is 240 g/mol. The predicted octanol–water partition coefficient (Wildman–Crippen LogP) is 0.950. The number of benzene rings is 1. The standard InChI is InChI=1S/C11H14N2O3S/c1-7(14)13-10(11(15)16)6-17-9-4-2-8(12)3-5-9/h2-5,10H,6,12H2,1H3,(H,13,14)(H,15,16). The lowest BCUT2D eigenvalue weighted by Gasteiger charge is -2.12. The van der Waals surface area contributed by atoms with E-state index in [-0.39, 0.29) is 11.7 Å². The molecule has 1 aromatic rings. The highest BCUT2D eigenvalue weighted by atomic mass is 32.2. The molecule has 0 radical (unpaired) electrons. The van der Waals surface area contributed by atoms with Gasteiger partial charge in [-0.2, -0.15) is 0 Å². The van der Waals surface area contributed by atoms with Crippen LogP contribution in [-0.2, 0) is 9.59 Å². The fraction of sp³-hybridized carbons (Fsp3) is 0.273. The molecule has 0 aromatic heterocycles. The molecule has 5 nitrogen and oxygen atoms in total. The molecular formula is C11H14N2O3S. The van der Waals surface area contributed by atoms with Crippen molar-refractivity contribution >= 4 is 29.3 Å². The topological polar surface area (TPSA) is 92.4 Å². The minimum Gasteiger partial charge on any atom is -0.480 e. The monoisotopic (exact) mass is 254 g/mol. The number of aliphatic carboxylic acids is 1. The van der Waals surface area contributed by atoms with Crippen LogP contribution in [0.15, 0.2) is 29.2 Å². The molecule has 0 saturated heterocycles. The van der Waals surface area contributed by atoms with Crippen molar-refractivity contribution in [1.82, 2.24) is 5.32 Å². The van der Waals surface area contributed by atoms with Gasteiger partial charge in [0.25, 0.3) is 0 Å². The van der Waals surface area contributed by atoms with Gasteiger partial charge in [-0.15, -0.1) is 11.8 Å². The van der Waals surface area contributed by atoms with E-state index < -0.39 is 12.0 Å². The van der Waals surface area contributed by atoms with E-state index in [4.69, 9.17) is 10.8 Å². The summed E-state index contributed by atoms with van der Waals surface area (Å²) in [6.45, 7) is 1.30. The summed E-state index contributed by atoms with van der Waals surface area (Å²) in [5, 5.41) is 11.3. The van der Waals surface area contributed by atoms with E-state index in [0.29, 0.717) is 5.69 Å². The zero-order chi connectivity index (χ0) is 12.8. The lowest BCUT2D eigenvalue weighted by molar-refractivity contribution is -0.140. The third kappa shape index (κ3) is 4.78. The highest BCUT2D eigenvalue weighted by Gasteiger charge is 2.18. The number of carboxylic acid groups (broad SMARTS) is 1. The van der Waals surface area contributed by atoms with Crippen LogP contribution in [0.2, 0.25) is 0 Å². The van der Waals surface area contributed by atoms with Gasteiger partial charge in [-0.3, -0.25) is 4.79 Å². The molecule has 0 bridgehead atoms. The normalized spacial score (nSPS) is 11.8. The lowest BCUT2D eigenvalue weighted by atomic mass is 10.3. The van der Waals surface area contributed by atoms with Crippen LogP contribution in [0.25, 0.3) is 0 Å². The first-order valence-electron chi connectivity index (χ1n) is 4.97. The Balaban J connectivity index is 2.54. The number of hydrogen-bond donors (Lipinski definition) is 3. The zero-order valence-corrected chi connectivity index (χ0v) is 10.2. The number of nitrogens with one attached hydrogen (secondary N) is 1. The van der Waals surface area contributed by atoms with E-state index >= 15 is 0 Å². The van der Waals surface area contributed by atoms with Gasteiger partial charge in [-0.25, -0.2) is 4.79 Å². The number of hydrogen-bond acceptors (Lipinski definition) is 4. The predicted molar refractivity (Wildman–Crippen MR) is 66.8 cm³/mol. The van der Waals surface area contributed by atoms with Crippen LogP contribution in [0.5, 0.6) is 0 Å². The summed E-state index contributed by atoms with van der Waals surface area (Å²) in [4.78, 5) is 22.6. The number of nitrogens with two attached hydrogens (primary N) is 1.